The number of fused-ring (bicyclic) bond motifs is 4. The highest BCUT2D eigenvalue weighted by Crippen LogP contribution is 2.50. The van der Waals surface area contributed by atoms with E-state index in [4.69, 9.17) is 18.6 Å². The van der Waals surface area contributed by atoms with Crippen molar-refractivity contribution in [2.75, 3.05) is 38.1 Å². The van der Waals surface area contributed by atoms with Gasteiger partial charge in [-0.15, -0.1) is 0 Å². The second-order valence-electron chi connectivity index (χ2n) is 13.8. The van der Waals surface area contributed by atoms with Crippen LogP contribution in [-0.2, 0) is 0 Å². The predicted molar refractivity (Wildman–Crippen MR) is 197 cm³/mol. The van der Waals surface area contributed by atoms with Gasteiger partial charge in [0, 0.05) is 45.9 Å². The Bertz CT molecular complexity index is 2060. The Labute approximate surface area is 290 Å². The number of carbonyl (C=O) groups is 2. The van der Waals surface area contributed by atoms with Gasteiger partial charge in [-0.2, -0.15) is 0 Å². The van der Waals surface area contributed by atoms with E-state index in [2.05, 4.69) is 59.8 Å². The first-order chi connectivity index (χ1) is 22.8. The monoisotopic (exact) mass is 731 g/mol. The summed E-state index contributed by atoms with van der Waals surface area (Å²) in [6, 6.07) is 14.9. The van der Waals surface area contributed by atoms with Crippen LogP contribution in [0.4, 0.5) is 5.69 Å². The number of hydrogen-bond donors (Lipinski definition) is 2. The van der Waals surface area contributed by atoms with Crippen LogP contribution < -0.4 is 23.5 Å². The highest BCUT2D eigenvalue weighted by molar-refractivity contribution is 9.09. The van der Waals surface area contributed by atoms with Crippen LogP contribution in [0.25, 0.3) is 21.8 Å². The third-order valence-electron chi connectivity index (χ3n) is 9.87. The molecule has 48 heavy (non-hydrogen) atoms. The van der Waals surface area contributed by atoms with Gasteiger partial charge in [0.25, 0.3) is 14.2 Å². The molecular weight excluding hydrogens is 690 g/mol. The molecular formula is C37H42BrN3O6Si. The Balaban J connectivity index is 1.58. The first kappa shape index (κ1) is 33.7. The smallest absolute Gasteiger partial charge is 0.274 e. The van der Waals surface area contributed by atoms with Crippen molar-refractivity contribution >= 4 is 63.4 Å². The standard InChI is InChI=1S/C37H42BrN3O6Si/c1-20-28(33(42)21-13-11-10-12-14-21)30-29-23(18-38)19-41(25(29)17-26(32(30)39-20)47-48(8,9)37(2,3)4)36(43)24-15-22-16-27(44-5)34(45-6)35(46-7)31(22)40-24/h10-17,23,39-40H,18-19H2,1-9H3. The van der Waals surface area contributed by atoms with Crippen LogP contribution in [0.1, 0.15) is 64.4 Å². The van der Waals surface area contributed by atoms with Gasteiger partial charge in [-0.05, 0) is 42.8 Å². The number of methoxy groups -OCH3 is 3. The number of benzene rings is 3. The molecule has 2 N–H and O–H groups in total. The van der Waals surface area contributed by atoms with Crippen molar-refractivity contribution in [1.29, 1.82) is 0 Å². The van der Waals surface area contributed by atoms with Gasteiger partial charge in [0.1, 0.15) is 11.4 Å². The molecule has 0 spiro atoms. The van der Waals surface area contributed by atoms with E-state index in [1.807, 2.05) is 49.4 Å². The fourth-order valence-corrected chi connectivity index (χ4v) is 7.92. The van der Waals surface area contributed by atoms with Gasteiger partial charge in [-0.3, -0.25) is 9.59 Å². The van der Waals surface area contributed by atoms with Crippen molar-refractivity contribution in [2.45, 2.75) is 51.7 Å². The molecule has 0 bridgehead atoms. The predicted octanol–water partition coefficient (Wildman–Crippen LogP) is 8.74. The van der Waals surface area contributed by atoms with Gasteiger partial charge in [-0.25, -0.2) is 0 Å². The number of nitrogens with zero attached hydrogens (tertiary/aromatic N) is 1. The molecule has 252 valence electrons. The number of ether oxygens (including phenoxy) is 3. The van der Waals surface area contributed by atoms with E-state index in [0.717, 1.165) is 33.2 Å². The molecule has 0 saturated carbocycles. The third kappa shape index (κ3) is 5.37. The number of H-pyrrole nitrogens is 2. The minimum Gasteiger partial charge on any atom is -0.542 e. The fourth-order valence-electron chi connectivity index (χ4n) is 6.38. The van der Waals surface area contributed by atoms with E-state index < -0.39 is 8.32 Å². The van der Waals surface area contributed by atoms with E-state index in [1.54, 1.807) is 32.3 Å². The number of rotatable bonds is 9. The lowest BCUT2D eigenvalue weighted by molar-refractivity contribution is 0.0983. The molecule has 0 saturated heterocycles. The van der Waals surface area contributed by atoms with Crippen molar-refractivity contribution < 1.29 is 28.2 Å². The lowest BCUT2D eigenvalue weighted by Crippen LogP contribution is -2.44. The third-order valence-corrected chi connectivity index (χ3v) is 15.0. The van der Waals surface area contributed by atoms with Crippen molar-refractivity contribution in [3.63, 3.8) is 0 Å². The summed E-state index contributed by atoms with van der Waals surface area (Å²) in [6.45, 7) is 13.3. The number of aromatic nitrogens is 2. The molecule has 3 aromatic carbocycles. The molecule has 0 fully saturated rings. The Morgan fingerprint density at radius 2 is 1.62 bits per heavy atom. The Kier molecular flexibility index (Phi) is 8.66. The van der Waals surface area contributed by atoms with Gasteiger partial charge in [0.15, 0.2) is 17.3 Å². The van der Waals surface area contributed by atoms with E-state index in [9.17, 15) is 9.59 Å². The van der Waals surface area contributed by atoms with Crippen molar-refractivity contribution in [2.24, 2.45) is 0 Å². The summed E-state index contributed by atoms with van der Waals surface area (Å²) in [5.74, 6) is 1.67. The van der Waals surface area contributed by atoms with Crippen LogP contribution in [0.3, 0.4) is 0 Å². The fraction of sp³-hybridized carbons (Fsp3) is 0.351. The maximum Gasteiger partial charge on any atom is 0.274 e. The first-order valence-corrected chi connectivity index (χ1v) is 20.0. The second kappa shape index (κ2) is 12.3. The van der Waals surface area contributed by atoms with E-state index in [0.29, 0.717) is 57.2 Å². The zero-order chi connectivity index (χ0) is 34.7. The largest absolute Gasteiger partial charge is 0.542 e. The minimum absolute atomic E-state index is 0.0743. The molecule has 0 aliphatic carbocycles. The summed E-state index contributed by atoms with van der Waals surface area (Å²) < 4.78 is 23.8. The SMILES string of the molecule is COc1cc2cc(C(=O)N3CC(CBr)c4c3cc(O[Si](C)(C)C(C)(C)C)c3[nH]c(C)c(C(=O)c5ccccc5)c43)[nH]c2c(OC)c1OC. The summed E-state index contributed by atoms with van der Waals surface area (Å²) in [5.41, 5.74) is 5.43. The number of carbonyl (C=O) groups excluding carboxylic acids is 2. The number of aromatic amines is 2. The highest BCUT2D eigenvalue weighted by Gasteiger charge is 2.42. The van der Waals surface area contributed by atoms with Gasteiger partial charge in [-0.1, -0.05) is 67.0 Å². The average Bonchev–Trinajstić information content (AvgIpc) is 3.75. The molecule has 2 aromatic heterocycles. The first-order valence-electron chi connectivity index (χ1n) is 15.9. The zero-order valence-electron chi connectivity index (χ0n) is 28.9. The zero-order valence-corrected chi connectivity index (χ0v) is 31.5. The lowest BCUT2D eigenvalue weighted by atomic mass is 9.92. The topological polar surface area (TPSA) is 106 Å². The lowest BCUT2D eigenvalue weighted by Gasteiger charge is -2.36. The number of nitrogens with one attached hydrogen (secondary N) is 2. The number of ketones is 1. The average molecular weight is 733 g/mol. The molecule has 9 nitrogen and oxygen atoms in total. The van der Waals surface area contributed by atoms with Gasteiger partial charge in [0.05, 0.1) is 43.6 Å². The molecule has 5 aromatic rings. The number of aryl methyl sites for hydroxylation is 1. The molecule has 11 heteroatoms. The maximum absolute atomic E-state index is 14.6. The molecule has 1 aliphatic rings. The van der Waals surface area contributed by atoms with E-state index in [-0.39, 0.29) is 22.6 Å². The van der Waals surface area contributed by atoms with Crippen molar-refractivity contribution in [3.8, 4) is 23.0 Å². The summed E-state index contributed by atoms with van der Waals surface area (Å²) in [4.78, 5) is 37.4. The molecule has 0 radical (unpaired) electrons. The van der Waals surface area contributed by atoms with Crippen molar-refractivity contribution in [3.05, 3.63) is 76.6 Å². The van der Waals surface area contributed by atoms with Gasteiger partial charge in [0.2, 0.25) is 5.75 Å². The summed E-state index contributed by atoms with van der Waals surface area (Å²) in [7, 11) is 2.32. The number of hydrogen-bond acceptors (Lipinski definition) is 6. The quantitative estimate of drug-likeness (QED) is 0.0893. The number of anilines is 1. The number of alkyl halides is 1. The van der Waals surface area contributed by atoms with E-state index in [1.165, 1.54) is 0 Å². The summed E-state index contributed by atoms with van der Waals surface area (Å²) in [6.07, 6.45) is 0. The number of amides is 1. The van der Waals surface area contributed by atoms with Gasteiger partial charge >= 0.3 is 0 Å². The molecule has 6 rings (SSSR count). The van der Waals surface area contributed by atoms with Crippen LogP contribution in [-0.4, -0.2) is 63.2 Å². The molecule has 3 heterocycles. The van der Waals surface area contributed by atoms with Crippen LogP contribution >= 0.6 is 15.9 Å². The second-order valence-corrected chi connectivity index (χ2v) is 19.2. The molecule has 1 atom stereocenters. The Hall–Kier alpha value is -4.22. The van der Waals surface area contributed by atoms with Crippen LogP contribution in [0.15, 0.2) is 48.5 Å². The Morgan fingerprint density at radius 3 is 2.23 bits per heavy atom. The highest BCUT2D eigenvalue weighted by atomic mass is 79.9. The summed E-state index contributed by atoms with van der Waals surface area (Å²) in [5, 5.41) is 2.07. The van der Waals surface area contributed by atoms with Crippen LogP contribution in [0.5, 0.6) is 23.0 Å². The van der Waals surface area contributed by atoms with Crippen LogP contribution in [0.2, 0.25) is 18.1 Å². The maximum atomic E-state index is 14.6. The number of halogens is 1. The van der Waals surface area contributed by atoms with E-state index >= 15 is 0 Å². The molecule has 1 amide bonds. The van der Waals surface area contributed by atoms with Crippen LogP contribution in [0, 0.1) is 6.92 Å². The Morgan fingerprint density at radius 1 is 0.938 bits per heavy atom. The van der Waals surface area contributed by atoms with Gasteiger partial charge < -0.3 is 33.5 Å². The summed E-state index contributed by atoms with van der Waals surface area (Å²) >= 11 is 3.74. The minimum atomic E-state index is -2.35. The normalized spacial score (nSPS) is 14.8. The van der Waals surface area contributed by atoms with Crippen molar-refractivity contribution in [1.82, 2.24) is 9.97 Å². The molecule has 1 aliphatic heterocycles. The molecule has 1 unspecified atom stereocenters.